The molecule has 0 fully saturated rings. The number of benzene rings is 2. The van der Waals surface area contributed by atoms with Crippen molar-refractivity contribution in [2.45, 2.75) is 26.2 Å². The van der Waals surface area contributed by atoms with Crippen LogP contribution in [0.1, 0.15) is 26.3 Å². The Morgan fingerprint density at radius 1 is 1.22 bits per heavy atom. The zero-order chi connectivity index (χ0) is 19.6. The molecule has 0 aromatic heterocycles. The summed E-state index contributed by atoms with van der Waals surface area (Å²) in [6.07, 6.45) is 0. The van der Waals surface area contributed by atoms with E-state index < -0.39 is 0 Å². The smallest absolute Gasteiger partial charge is 0.265 e. The highest BCUT2D eigenvalue weighted by Gasteiger charge is 2.27. The molecule has 1 aliphatic heterocycles. The summed E-state index contributed by atoms with van der Waals surface area (Å²) < 4.78 is 10.8. The molecule has 2 amide bonds. The number of amides is 2. The Morgan fingerprint density at radius 2 is 1.96 bits per heavy atom. The maximum atomic E-state index is 12.7. The minimum absolute atomic E-state index is 0.0646. The van der Waals surface area contributed by atoms with E-state index in [1.807, 2.05) is 30.3 Å². The Balaban J connectivity index is 1.81. The van der Waals surface area contributed by atoms with Crippen LogP contribution in [-0.2, 0) is 15.0 Å². The van der Waals surface area contributed by atoms with Gasteiger partial charge < -0.3 is 14.8 Å². The molecule has 1 N–H and O–H groups in total. The highest BCUT2D eigenvalue weighted by atomic mass is 16.5. The molecule has 142 valence electrons. The third-order valence-electron chi connectivity index (χ3n) is 4.45. The second-order valence-electron chi connectivity index (χ2n) is 7.45. The number of anilines is 2. The fourth-order valence-electron chi connectivity index (χ4n) is 2.93. The van der Waals surface area contributed by atoms with E-state index in [1.165, 1.54) is 4.90 Å². The number of hydrogen-bond donors (Lipinski definition) is 1. The van der Waals surface area contributed by atoms with Gasteiger partial charge in [-0.2, -0.15) is 0 Å². The van der Waals surface area contributed by atoms with Gasteiger partial charge in [0.2, 0.25) is 5.91 Å². The molecule has 0 unspecified atom stereocenters. The molecule has 6 heteroatoms. The summed E-state index contributed by atoms with van der Waals surface area (Å²) in [4.78, 5) is 26.4. The maximum Gasteiger partial charge on any atom is 0.265 e. The van der Waals surface area contributed by atoms with Crippen molar-refractivity contribution in [3.05, 3.63) is 48.0 Å². The lowest BCUT2D eigenvalue weighted by molar-refractivity contribution is -0.123. The average Bonchev–Trinajstić information content (AvgIpc) is 2.63. The van der Waals surface area contributed by atoms with Gasteiger partial charge in [0.25, 0.3) is 5.91 Å². The van der Waals surface area contributed by atoms with Crippen LogP contribution in [-0.4, -0.2) is 32.1 Å². The Morgan fingerprint density at radius 3 is 2.67 bits per heavy atom. The van der Waals surface area contributed by atoms with Crippen LogP contribution in [0.15, 0.2) is 42.5 Å². The quantitative estimate of drug-likeness (QED) is 0.899. The van der Waals surface area contributed by atoms with E-state index in [4.69, 9.17) is 9.47 Å². The molecule has 0 atom stereocenters. The fourth-order valence-corrected chi connectivity index (χ4v) is 2.93. The Labute approximate surface area is 159 Å². The first-order valence-electron chi connectivity index (χ1n) is 8.80. The van der Waals surface area contributed by atoms with E-state index in [0.29, 0.717) is 22.9 Å². The van der Waals surface area contributed by atoms with Crippen LogP contribution in [0.25, 0.3) is 0 Å². The van der Waals surface area contributed by atoms with Gasteiger partial charge in [-0.05, 0) is 35.2 Å². The van der Waals surface area contributed by atoms with Gasteiger partial charge in [0.1, 0.15) is 18.0 Å². The molecule has 0 radical (unpaired) electrons. The molecular weight excluding hydrogens is 344 g/mol. The molecule has 1 aliphatic rings. The summed E-state index contributed by atoms with van der Waals surface area (Å²) in [6.45, 7) is 6.13. The summed E-state index contributed by atoms with van der Waals surface area (Å²) in [5, 5.41) is 2.87. The van der Waals surface area contributed by atoms with Gasteiger partial charge in [-0.25, -0.2) is 0 Å². The molecule has 3 rings (SSSR count). The standard InChI is InChI=1S/C21H24N2O4/c1-21(2,3)14-9-10-17(26-4)15(11-14)22-19(24)12-23-16-7-5-6-8-18(16)27-13-20(23)25/h5-11H,12-13H2,1-4H3,(H,22,24). The molecule has 2 aromatic carbocycles. The van der Waals surface area contributed by atoms with Crippen LogP contribution in [0.2, 0.25) is 0 Å². The van der Waals surface area contributed by atoms with Crippen molar-refractivity contribution >= 4 is 23.2 Å². The second kappa shape index (κ2) is 7.31. The maximum absolute atomic E-state index is 12.7. The van der Waals surface area contributed by atoms with E-state index in [1.54, 1.807) is 19.2 Å². The average molecular weight is 368 g/mol. The van der Waals surface area contributed by atoms with E-state index >= 15 is 0 Å². The van der Waals surface area contributed by atoms with Gasteiger partial charge in [-0.15, -0.1) is 0 Å². The highest BCUT2D eigenvalue weighted by Crippen LogP contribution is 2.33. The Kier molecular flexibility index (Phi) is 5.08. The molecular formula is C21H24N2O4. The number of para-hydroxylation sites is 2. The van der Waals surface area contributed by atoms with Crippen molar-refractivity contribution < 1.29 is 19.1 Å². The van der Waals surface area contributed by atoms with Gasteiger partial charge in [0.05, 0.1) is 18.5 Å². The minimum atomic E-state index is -0.301. The lowest BCUT2D eigenvalue weighted by atomic mass is 9.87. The molecule has 2 aromatic rings. The lowest BCUT2D eigenvalue weighted by Crippen LogP contribution is -2.43. The topological polar surface area (TPSA) is 67.9 Å². The van der Waals surface area contributed by atoms with Crippen molar-refractivity contribution in [1.29, 1.82) is 0 Å². The highest BCUT2D eigenvalue weighted by molar-refractivity contribution is 6.05. The van der Waals surface area contributed by atoms with Crippen molar-refractivity contribution in [2.24, 2.45) is 0 Å². The molecule has 0 saturated carbocycles. The lowest BCUT2D eigenvalue weighted by Gasteiger charge is -2.29. The van der Waals surface area contributed by atoms with Gasteiger partial charge in [-0.1, -0.05) is 39.0 Å². The van der Waals surface area contributed by atoms with Gasteiger partial charge in [0, 0.05) is 0 Å². The van der Waals surface area contributed by atoms with E-state index in [-0.39, 0.29) is 30.4 Å². The summed E-state index contributed by atoms with van der Waals surface area (Å²) >= 11 is 0. The number of hydrogen-bond acceptors (Lipinski definition) is 4. The summed E-state index contributed by atoms with van der Waals surface area (Å²) in [5.41, 5.74) is 2.19. The number of nitrogens with zero attached hydrogens (tertiary/aromatic N) is 1. The van der Waals surface area contributed by atoms with Crippen LogP contribution >= 0.6 is 0 Å². The Hall–Kier alpha value is -3.02. The summed E-state index contributed by atoms with van der Waals surface area (Å²) in [5.74, 6) is 0.617. The molecule has 0 saturated heterocycles. The minimum Gasteiger partial charge on any atom is -0.495 e. The van der Waals surface area contributed by atoms with E-state index in [0.717, 1.165) is 5.56 Å². The van der Waals surface area contributed by atoms with Crippen molar-refractivity contribution in [2.75, 3.05) is 30.5 Å². The number of rotatable bonds is 4. The molecule has 27 heavy (non-hydrogen) atoms. The van der Waals surface area contributed by atoms with Gasteiger partial charge in [0.15, 0.2) is 6.61 Å². The third-order valence-corrected chi connectivity index (χ3v) is 4.45. The summed E-state index contributed by atoms with van der Waals surface area (Å²) in [6, 6.07) is 12.9. The molecule has 0 bridgehead atoms. The van der Waals surface area contributed by atoms with E-state index in [9.17, 15) is 9.59 Å². The number of carbonyl (C=O) groups excluding carboxylic acids is 2. The van der Waals surface area contributed by atoms with Crippen molar-refractivity contribution in [3.8, 4) is 11.5 Å². The fraction of sp³-hybridized carbons (Fsp3) is 0.333. The predicted octanol–water partition coefficient (Wildman–Crippen LogP) is 3.36. The van der Waals surface area contributed by atoms with Crippen molar-refractivity contribution in [1.82, 2.24) is 0 Å². The first kappa shape index (κ1) is 18.8. The molecule has 1 heterocycles. The zero-order valence-electron chi connectivity index (χ0n) is 16.0. The van der Waals surface area contributed by atoms with Crippen LogP contribution < -0.4 is 19.7 Å². The largest absolute Gasteiger partial charge is 0.495 e. The monoisotopic (exact) mass is 368 g/mol. The van der Waals surface area contributed by atoms with Gasteiger partial charge in [-0.3, -0.25) is 14.5 Å². The van der Waals surface area contributed by atoms with E-state index in [2.05, 4.69) is 26.1 Å². The number of ether oxygens (including phenoxy) is 2. The first-order valence-corrected chi connectivity index (χ1v) is 8.80. The van der Waals surface area contributed by atoms with Gasteiger partial charge >= 0.3 is 0 Å². The van der Waals surface area contributed by atoms with Crippen molar-refractivity contribution in [3.63, 3.8) is 0 Å². The number of methoxy groups -OCH3 is 1. The normalized spacial score (nSPS) is 13.6. The van der Waals surface area contributed by atoms with Crippen LogP contribution in [0.5, 0.6) is 11.5 Å². The summed E-state index contributed by atoms with van der Waals surface area (Å²) in [7, 11) is 1.56. The zero-order valence-corrected chi connectivity index (χ0v) is 16.0. The Bertz CT molecular complexity index is 871. The number of carbonyl (C=O) groups is 2. The molecule has 6 nitrogen and oxygen atoms in total. The van der Waals surface area contributed by atoms with Crippen LogP contribution in [0.3, 0.4) is 0 Å². The SMILES string of the molecule is COc1ccc(C(C)(C)C)cc1NC(=O)CN1C(=O)COc2ccccc21. The molecule has 0 aliphatic carbocycles. The van der Waals surface area contributed by atoms with Crippen LogP contribution in [0.4, 0.5) is 11.4 Å². The third kappa shape index (κ3) is 4.05. The van der Waals surface area contributed by atoms with Crippen LogP contribution in [0, 0.1) is 0 Å². The first-order chi connectivity index (χ1) is 12.8. The molecule has 0 spiro atoms. The second-order valence-corrected chi connectivity index (χ2v) is 7.45. The number of nitrogens with one attached hydrogen (secondary N) is 1. The number of fused-ring (bicyclic) bond motifs is 1. The predicted molar refractivity (Wildman–Crippen MR) is 105 cm³/mol.